The predicted molar refractivity (Wildman–Crippen MR) is 313 cm³/mol. The minimum absolute atomic E-state index is 0. The summed E-state index contributed by atoms with van der Waals surface area (Å²) in [6, 6.07) is 47.5. The molecule has 6 aromatic rings. The van der Waals surface area contributed by atoms with Crippen molar-refractivity contribution in [2.24, 2.45) is 10.8 Å². The van der Waals surface area contributed by atoms with Crippen LogP contribution in [0.2, 0.25) is 9.26 Å². The molecule has 2 saturated carbocycles. The smallest absolute Gasteiger partial charge is 0.147 e. The average molecular weight is 1070 g/mol. The molecule has 0 amide bonds. The van der Waals surface area contributed by atoms with Crippen molar-refractivity contribution in [2.75, 3.05) is 0 Å². The maximum atomic E-state index is 2.97. The van der Waals surface area contributed by atoms with E-state index in [4.69, 9.17) is 0 Å². The van der Waals surface area contributed by atoms with Crippen molar-refractivity contribution >= 4 is 65.4 Å². The van der Waals surface area contributed by atoms with Gasteiger partial charge in [-0.2, -0.15) is 0 Å². The molecule has 0 aliphatic heterocycles. The van der Waals surface area contributed by atoms with E-state index in [9.17, 15) is 0 Å². The van der Waals surface area contributed by atoms with E-state index in [2.05, 4.69) is 163 Å². The van der Waals surface area contributed by atoms with E-state index in [0.717, 1.165) is 0 Å². The van der Waals surface area contributed by atoms with Gasteiger partial charge in [0.25, 0.3) is 0 Å². The maximum Gasteiger partial charge on any atom is -0.147 e. The molecule has 0 radical (unpaired) electrons. The van der Waals surface area contributed by atoms with Crippen molar-refractivity contribution in [3.8, 4) is 22.3 Å². The first-order chi connectivity index (χ1) is 33.1. The summed E-state index contributed by atoms with van der Waals surface area (Å²) in [5.41, 5.74) is 16.4. The molecule has 2 fully saturated rings. The fourth-order valence-electron chi connectivity index (χ4n) is 15.5. The summed E-state index contributed by atoms with van der Waals surface area (Å²) in [6.07, 6.45) is 36.0. The van der Waals surface area contributed by atoms with E-state index in [-0.39, 0.29) is 24.8 Å². The van der Waals surface area contributed by atoms with E-state index >= 15 is 0 Å². The van der Waals surface area contributed by atoms with Crippen LogP contribution in [-0.4, -0.2) is 6.88 Å². The summed E-state index contributed by atoms with van der Waals surface area (Å²) in [5, 5.41) is 5.34. The number of hydrogen-bond acceptors (Lipinski definition) is 0. The molecule has 0 N–H and O–H groups in total. The molecule has 0 saturated heterocycles. The van der Waals surface area contributed by atoms with Crippen LogP contribution < -0.4 is 0 Å². The van der Waals surface area contributed by atoms with E-state index in [0.29, 0.717) is 18.1 Å². The van der Waals surface area contributed by atoms with Gasteiger partial charge < -0.3 is 0 Å². The normalized spacial score (nSPS) is 20.5. The number of halogens is 2. The third-order valence-corrected chi connectivity index (χ3v) is 35.9. The first-order valence-electron chi connectivity index (χ1n) is 27.8. The van der Waals surface area contributed by atoms with E-state index in [1.807, 2.05) is 11.1 Å². The van der Waals surface area contributed by atoms with Gasteiger partial charge >= 0.3 is 417 Å². The zero-order valence-electron chi connectivity index (χ0n) is 43.4. The topological polar surface area (TPSA) is 0 Å². The Hall–Kier alpha value is -3.00. The van der Waals surface area contributed by atoms with Crippen LogP contribution in [0.4, 0.5) is 0 Å². The van der Waals surface area contributed by atoms with E-state index in [1.54, 1.807) is 22.3 Å². The van der Waals surface area contributed by atoms with Crippen molar-refractivity contribution in [3.63, 3.8) is 0 Å². The molecule has 4 heteroatoms. The molecular formula is C66H84Cl2SiZr. The SMILES string of the molecule is CCCC1(CC2=Cc3c(-c4ccc5ccccc5c4)cccc3[CH]2[Zr]([CH3])([CH3])(=[SiH2])[CH]2C(CC3(CCC)CCCCCCCC3)=Cc3c(-c4ccc5ccccc5c4)cccc32)CCCCCCCC1.Cl.Cl. The predicted octanol–water partition coefficient (Wildman–Crippen LogP) is 20.7. The molecule has 0 nitrogen and oxygen atoms in total. The minimum Gasteiger partial charge on any atom is -0.147 e. The first kappa shape index (κ1) is 53.3. The van der Waals surface area contributed by atoms with Crippen LogP contribution in [-0.2, 0) is 17.4 Å². The number of allylic oxidation sites excluding steroid dienone is 2. The van der Waals surface area contributed by atoms with E-state index in [1.165, 1.54) is 185 Å². The molecular weight excluding hydrogens is 983 g/mol. The van der Waals surface area contributed by atoms with Gasteiger partial charge in [0, 0.05) is 0 Å². The van der Waals surface area contributed by atoms with Crippen molar-refractivity contribution < 1.29 is 17.4 Å². The molecule has 2 unspecified atom stereocenters. The van der Waals surface area contributed by atoms with Gasteiger partial charge in [-0.15, -0.1) is 24.8 Å². The Kier molecular flexibility index (Phi) is 17.2. The molecule has 10 rings (SSSR count). The van der Waals surface area contributed by atoms with Gasteiger partial charge in [0.2, 0.25) is 0 Å². The third-order valence-electron chi connectivity index (χ3n) is 18.4. The monoisotopic (exact) mass is 1060 g/mol. The molecule has 0 heterocycles. The summed E-state index contributed by atoms with van der Waals surface area (Å²) >= 11 is -4.13. The third kappa shape index (κ3) is 10.8. The molecule has 0 bridgehead atoms. The molecule has 370 valence electrons. The standard InChI is InChI=1S/2C32H37.2CH3.2ClH.H2Si.Zr/c2*1-2-18-32(19-9-5-3-4-6-10-20-32)24-25-21-28-14-11-15-30(31(28)22-25)29-17-16-26-12-7-8-13-27(26)23-29;;;;;;/h2*7-8,11-17,21-23H,2-6,9-10,18-20,24H2,1H3;2*1H3;2*1H;1H2;. The first-order valence-corrected chi connectivity index (χ1v) is 41.5. The molecule has 2 atom stereocenters. The summed E-state index contributed by atoms with van der Waals surface area (Å²) < 4.78 is 6.94. The molecule has 6 aromatic carbocycles. The Morgan fingerprint density at radius 3 is 1.17 bits per heavy atom. The summed E-state index contributed by atoms with van der Waals surface area (Å²) in [5.74, 6) is 0. The second-order valence-corrected chi connectivity index (χ2v) is 54.6. The molecule has 4 aliphatic rings. The van der Waals surface area contributed by atoms with Crippen molar-refractivity contribution in [1.29, 1.82) is 0 Å². The molecule has 0 aromatic heterocycles. The van der Waals surface area contributed by atoms with Crippen molar-refractivity contribution in [3.05, 3.63) is 155 Å². The number of benzene rings is 6. The van der Waals surface area contributed by atoms with Crippen molar-refractivity contribution in [2.45, 2.75) is 172 Å². The van der Waals surface area contributed by atoms with Gasteiger partial charge in [0.1, 0.15) is 0 Å². The summed E-state index contributed by atoms with van der Waals surface area (Å²) in [7, 11) is 0. The van der Waals surface area contributed by atoms with Gasteiger partial charge in [-0.05, 0) is 0 Å². The van der Waals surface area contributed by atoms with Gasteiger partial charge in [-0.3, -0.25) is 0 Å². The fourth-order valence-corrected chi connectivity index (χ4v) is 35.2. The van der Waals surface area contributed by atoms with Crippen molar-refractivity contribution in [1.82, 2.24) is 0 Å². The molecule has 0 spiro atoms. The van der Waals surface area contributed by atoms with Gasteiger partial charge in [-0.1, -0.05) is 0 Å². The molecule has 70 heavy (non-hydrogen) atoms. The largest absolute Gasteiger partial charge is 0.147 e. The summed E-state index contributed by atoms with van der Waals surface area (Å²) in [6.45, 7) is 7.59. The Morgan fingerprint density at radius 2 is 0.800 bits per heavy atom. The van der Waals surface area contributed by atoms with Crippen LogP contribution in [0.25, 0.3) is 56.0 Å². The molecule has 4 aliphatic carbocycles. The quantitative estimate of drug-likeness (QED) is 0.107. The minimum atomic E-state index is -4.13. The zero-order valence-corrected chi connectivity index (χ0v) is 48.9. The van der Waals surface area contributed by atoms with Crippen LogP contribution in [0.1, 0.15) is 185 Å². The number of fused-ring (bicyclic) bond motifs is 4. The Bertz CT molecular complexity index is 2700. The second-order valence-electron chi connectivity index (χ2n) is 24.1. The Labute approximate surface area is 438 Å². The zero-order chi connectivity index (χ0) is 46.8. The second kappa shape index (κ2) is 22.6. The van der Waals surface area contributed by atoms with Crippen LogP contribution in [0.5, 0.6) is 0 Å². The Balaban J connectivity index is 0.00000329. The van der Waals surface area contributed by atoms with Gasteiger partial charge in [-0.25, -0.2) is 0 Å². The number of hydrogen-bond donors (Lipinski definition) is 0. The van der Waals surface area contributed by atoms with Crippen LogP contribution >= 0.6 is 24.8 Å². The van der Waals surface area contributed by atoms with Gasteiger partial charge in [0.15, 0.2) is 0 Å². The summed E-state index contributed by atoms with van der Waals surface area (Å²) in [4.78, 5) is 0. The van der Waals surface area contributed by atoms with Crippen LogP contribution in [0.15, 0.2) is 132 Å². The fraction of sp³-hybridized carbons (Fsp3) is 0.455. The van der Waals surface area contributed by atoms with Gasteiger partial charge in [0.05, 0.1) is 0 Å². The average Bonchev–Trinajstić information content (AvgIpc) is 3.97. The Morgan fingerprint density at radius 1 is 0.443 bits per heavy atom. The maximum absolute atomic E-state index is 4.13. The van der Waals surface area contributed by atoms with Crippen LogP contribution in [0.3, 0.4) is 0 Å². The number of rotatable bonds is 12. The van der Waals surface area contributed by atoms with Crippen LogP contribution in [0, 0.1) is 10.8 Å². The van der Waals surface area contributed by atoms with E-state index < -0.39 is 17.4 Å².